The molecule has 144 valence electrons. The number of hydrogen-bond donors (Lipinski definition) is 3. The summed E-state index contributed by atoms with van der Waals surface area (Å²) in [6.07, 6.45) is 0. The zero-order valence-electron chi connectivity index (χ0n) is 16.2. The lowest BCUT2D eigenvalue weighted by Crippen LogP contribution is -3.11. The third kappa shape index (κ3) is 6.38. The summed E-state index contributed by atoms with van der Waals surface area (Å²) in [5.41, 5.74) is 3.83. The Labute approximate surface area is 165 Å². The number of aryl methyl sites for hydroxylation is 2. The Kier molecular flexibility index (Phi) is 7.39. The maximum atomic E-state index is 12.3. The summed E-state index contributed by atoms with van der Waals surface area (Å²) < 4.78 is 0. The molecule has 0 aliphatic carbocycles. The van der Waals surface area contributed by atoms with Gasteiger partial charge in [0.15, 0.2) is 13.1 Å². The SMILES string of the molecule is Cc1cccc(C)c1NC(=O)C[NH+](C)CC(=O)N[C@H](C)c1cccc(Cl)c1. The molecule has 5 nitrogen and oxygen atoms in total. The van der Waals surface area contributed by atoms with E-state index in [1.807, 2.05) is 64.2 Å². The monoisotopic (exact) mass is 388 g/mol. The molecular formula is C21H27ClN3O2+. The van der Waals surface area contributed by atoms with Crippen LogP contribution in [-0.2, 0) is 9.59 Å². The summed E-state index contributed by atoms with van der Waals surface area (Å²) in [5, 5.41) is 6.53. The quantitative estimate of drug-likeness (QED) is 0.681. The van der Waals surface area contributed by atoms with Gasteiger partial charge in [-0.05, 0) is 49.6 Å². The summed E-state index contributed by atoms with van der Waals surface area (Å²) in [5.74, 6) is -0.222. The first-order chi connectivity index (χ1) is 12.8. The largest absolute Gasteiger partial charge is 0.345 e. The van der Waals surface area contributed by atoms with Gasteiger partial charge in [0, 0.05) is 10.7 Å². The number of quaternary nitrogens is 1. The van der Waals surface area contributed by atoms with Crippen LogP contribution in [0.25, 0.3) is 0 Å². The van der Waals surface area contributed by atoms with Crippen molar-refractivity contribution >= 4 is 29.1 Å². The molecule has 0 heterocycles. The second-order valence-corrected chi connectivity index (χ2v) is 7.41. The average molecular weight is 389 g/mol. The van der Waals surface area contributed by atoms with Crippen LogP contribution in [0.1, 0.15) is 29.7 Å². The molecule has 0 radical (unpaired) electrons. The van der Waals surface area contributed by atoms with Crippen LogP contribution in [0.4, 0.5) is 5.69 Å². The molecule has 2 atom stereocenters. The summed E-state index contributed by atoms with van der Waals surface area (Å²) >= 11 is 5.99. The van der Waals surface area contributed by atoms with Crippen molar-refractivity contribution in [2.75, 3.05) is 25.5 Å². The highest BCUT2D eigenvalue weighted by Crippen LogP contribution is 2.19. The molecule has 0 saturated carbocycles. The predicted octanol–water partition coefficient (Wildman–Crippen LogP) is 2.29. The molecule has 0 saturated heterocycles. The van der Waals surface area contributed by atoms with Gasteiger partial charge in [-0.15, -0.1) is 0 Å². The summed E-state index contributed by atoms with van der Waals surface area (Å²) in [7, 11) is 1.83. The summed E-state index contributed by atoms with van der Waals surface area (Å²) in [6.45, 7) is 6.26. The van der Waals surface area contributed by atoms with E-state index in [2.05, 4.69) is 10.6 Å². The molecule has 2 rings (SSSR count). The first-order valence-corrected chi connectivity index (χ1v) is 9.36. The third-order valence-electron chi connectivity index (χ3n) is 4.40. The zero-order chi connectivity index (χ0) is 20.0. The summed E-state index contributed by atoms with van der Waals surface area (Å²) in [6, 6.07) is 13.2. The second-order valence-electron chi connectivity index (χ2n) is 6.97. The number of benzene rings is 2. The standard InChI is InChI=1S/C21H26ClN3O2/c1-14-7-5-8-15(2)21(14)24-20(27)13-25(4)12-19(26)23-16(3)17-9-6-10-18(22)11-17/h5-11,16H,12-13H2,1-4H3,(H,23,26)(H,24,27)/p+1/t16-/m1/s1. The van der Waals surface area contributed by atoms with Crippen molar-refractivity contribution < 1.29 is 14.5 Å². The van der Waals surface area contributed by atoms with Crippen molar-refractivity contribution in [3.63, 3.8) is 0 Å². The van der Waals surface area contributed by atoms with Gasteiger partial charge < -0.3 is 15.5 Å². The third-order valence-corrected chi connectivity index (χ3v) is 4.63. The van der Waals surface area contributed by atoms with Gasteiger partial charge in [0.2, 0.25) is 0 Å². The van der Waals surface area contributed by atoms with E-state index in [9.17, 15) is 9.59 Å². The number of amides is 2. The van der Waals surface area contributed by atoms with E-state index in [1.165, 1.54) is 0 Å². The molecule has 27 heavy (non-hydrogen) atoms. The lowest BCUT2D eigenvalue weighted by molar-refractivity contribution is -0.862. The minimum Gasteiger partial charge on any atom is -0.345 e. The van der Waals surface area contributed by atoms with Crippen LogP contribution in [0.2, 0.25) is 5.02 Å². The average Bonchev–Trinajstić information content (AvgIpc) is 2.58. The Balaban J connectivity index is 1.84. The number of carbonyl (C=O) groups is 2. The Morgan fingerprint density at radius 1 is 1.04 bits per heavy atom. The number of nitrogens with one attached hydrogen (secondary N) is 3. The highest BCUT2D eigenvalue weighted by atomic mass is 35.5. The Bertz CT molecular complexity index is 803. The van der Waals surface area contributed by atoms with E-state index < -0.39 is 0 Å². The maximum absolute atomic E-state index is 12.3. The van der Waals surface area contributed by atoms with Crippen LogP contribution < -0.4 is 15.5 Å². The molecule has 0 aliphatic rings. The molecular weight excluding hydrogens is 362 g/mol. The number of likely N-dealkylation sites (N-methyl/N-ethyl adjacent to an activating group) is 1. The van der Waals surface area contributed by atoms with Crippen molar-refractivity contribution in [2.45, 2.75) is 26.8 Å². The van der Waals surface area contributed by atoms with Crippen molar-refractivity contribution in [2.24, 2.45) is 0 Å². The zero-order valence-corrected chi connectivity index (χ0v) is 17.0. The van der Waals surface area contributed by atoms with Gasteiger partial charge in [0.25, 0.3) is 11.8 Å². The van der Waals surface area contributed by atoms with Crippen molar-refractivity contribution in [1.82, 2.24) is 5.32 Å². The fourth-order valence-electron chi connectivity index (χ4n) is 2.96. The molecule has 0 fully saturated rings. The number of anilines is 1. The lowest BCUT2D eigenvalue weighted by atomic mass is 10.1. The molecule has 2 aromatic rings. The van der Waals surface area contributed by atoms with Gasteiger partial charge in [-0.1, -0.05) is 41.9 Å². The van der Waals surface area contributed by atoms with Crippen LogP contribution in [0.3, 0.4) is 0 Å². The number of hydrogen-bond acceptors (Lipinski definition) is 2. The molecule has 0 aromatic heterocycles. The van der Waals surface area contributed by atoms with Gasteiger partial charge in [-0.25, -0.2) is 0 Å². The first kappa shape index (κ1) is 20.9. The highest BCUT2D eigenvalue weighted by molar-refractivity contribution is 6.30. The number of rotatable bonds is 7. The molecule has 2 aromatic carbocycles. The maximum Gasteiger partial charge on any atom is 0.279 e. The van der Waals surface area contributed by atoms with Crippen molar-refractivity contribution in [1.29, 1.82) is 0 Å². The summed E-state index contributed by atoms with van der Waals surface area (Å²) in [4.78, 5) is 25.4. The minimum atomic E-state index is -0.146. The molecule has 0 bridgehead atoms. The van der Waals surface area contributed by atoms with E-state index in [4.69, 9.17) is 11.6 Å². The topological polar surface area (TPSA) is 62.6 Å². The Morgan fingerprint density at radius 3 is 2.26 bits per heavy atom. The van der Waals surface area contributed by atoms with Gasteiger partial charge >= 0.3 is 0 Å². The first-order valence-electron chi connectivity index (χ1n) is 8.98. The van der Waals surface area contributed by atoms with E-state index in [0.29, 0.717) is 5.02 Å². The minimum absolute atomic E-state index is 0.111. The van der Waals surface area contributed by atoms with E-state index in [-0.39, 0.29) is 30.9 Å². The number of halogens is 1. The predicted molar refractivity (Wildman–Crippen MR) is 109 cm³/mol. The Hall–Kier alpha value is -2.37. The van der Waals surface area contributed by atoms with Crippen LogP contribution in [0.5, 0.6) is 0 Å². The highest BCUT2D eigenvalue weighted by Gasteiger charge is 2.17. The smallest absolute Gasteiger partial charge is 0.279 e. The van der Waals surface area contributed by atoms with Gasteiger partial charge in [0.1, 0.15) is 0 Å². The van der Waals surface area contributed by atoms with Crippen LogP contribution >= 0.6 is 11.6 Å². The van der Waals surface area contributed by atoms with E-state index in [0.717, 1.165) is 27.3 Å². The van der Waals surface area contributed by atoms with Crippen molar-refractivity contribution in [3.05, 3.63) is 64.2 Å². The molecule has 1 unspecified atom stereocenters. The van der Waals surface area contributed by atoms with Gasteiger partial charge in [0.05, 0.1) is 13.1 Å². The van der Waals surface area contributed by atoms with Gasteiger partial charge in [-0.3, -0.25) is 9.59 Å². The van der Waals surface area contributed by atoms with Crippen LogP contribution in [0.15, 0.2) is 42.5 Å². The number of carbonyl (C=O) groups excluding carboxylic acids is 2. The molecule has 6 heteroatoms. The molecule has 3 N–H and O–H groups in total. The van der Waals surface area contributed by atoms with E-state index in [1.54, 1.807) is 6.07 Å². The van der Waals surface area contributed by atoms with Gasteiger partial charge in [-0.2, -0.15) is 0 Å². The number of para-hydroxylation sites is 1. The fraction of sp³-hybridized carbons (Fsp3) is 0.333. The second kappa shape index (κ2) is 9.53. The fourth-order valence-corrected chi connectivity index (χ4v) is 3.16. The molecule has 2 amide bonds. The van der Waals surface area contributed by atoms with Crippen molar-refractivity contribution in [3.8, 4) is 0 Å². The molecule has 0 spiro atoms. The normalized spacial score (nSPS) is 12.9. The Morgan fingerprint density at radius 2 is 1.63 bits per heavy atom. The van der Waals surface area contributed by atoms with Crippen LogP contribution in [-0.4, -0.2) is 32.0 Å². The van der Waals surface area contributed by atoms with Crippen LogP contribution in [0, 0.1) is 13.8 Å². The molecule has 0 aliphatic heterocycles. The van der Waals surface area contributed by atoms with E-state index >= 15 is 0 Å². The lowest BCUT2D eigenvalue weighted by Gasteiger charge is -2.18.